The third-order valence-corrected chi connectivity index (χ3v) is 6.92. The van der Waals surface area contributed by atoms with Crippen LogP contribution >= 0.6 is 20.6 Å². The van der Waals surface area contributed by atoms with Crippen LogP contribution in [0.5, 0.6) is 0 Å². The fraction of sp³-hybridized carbons (Fsp3) is 0.429. The van der Waals surface area contributed by atoms with E-state index in [4.69, 9.17) is 10.9 Å². The molecule has 0 amide bonds. The number of benzene rings is 1. The average molecular weight is 394 g/mol. The van der Waals surface area contributed by atoms with Crippen LogP contribution in [0.2, 0.25) is 0 Å². The van der Waals surface area contributed by atoms with E-state index in [9.17, 15) is 9.59 Å². The molecule has 0 saturated carbocycles. The van der Waals surface area contributed by atoms with E-state index in [1.54, 1.807) is 7.11 Å². The molecule has 0 fully saturated rings. The molecule has 0 aliphatic carbocycles. The summed E-state index contributed by atoms with van der Waals surface area (Å²) in [5, 5.41) is 0. The van der Waals surface area contributed by atoms with Crippen molar-refractivity contribution in [1.82, 2.24) is 0 Å². The molecule has 6 heteroatoms. The van der Waals surface area contributed by atoms with E-state index in [1.165, 1.54) is 13.8 Å². The van der Waals surface area contributed by atoms with E-state index >= 15 is 0 Å². The molecular formula is C14H19IO5. The van der Waals surface area contributed by atoms with Crippen molar-refractivity contribution in [2.75, 3.05) is 7.11 Å². The van der Waals surface area contributed by atoms with Gasteiger partial charge in [0.2, 0.25) is 0 Å². The standard InChI is InChI=1S/C14H19IO5/c1-9-7-6-8-13(10(2)18-5)14(9)15(19-11(3)16)20-12(4)17/h6-8,10H,1-5H3. The molecule has 0 saturated heterocycles. The first-order chi connectivity index (χ1) is 9.36. The van der Waals surface area contributed by atoms with Gasteiger partial charge in [0.05, 0.1) is 0 Å². The Morgan fingerprint density at radius 1 is 1.15 bits per heavy atom. The van der Waals surface area contributed by atoms with Crippen molar-refractivity contribution in [3.63, 3.8) is 0 Å². The molecule has 20 heavy (non-hydrogen) atoms. The van der Waals surface area contributed by atoms with E-state index in [-0.39, 0.29) is 6.10 Å². The van der Waals surface area contributed by atoms with E-state index in [2.05, 4.69) is 0 Å². The molecule has 1 aromatic carbocycles. The van der Waals surface area contributed by atoms with Gasteiger partial charge in [0.25, 0.3) is 0 Å². The van der Waals surface area contributed by atoms with Crippen molar-refractivity contribution >= 4 is 32.6 Å². The Morgan fingerprint density at radius 2 is 1.70 bits per heavy atom. The van der Waals surface area contributed by atoms with Crippen LogP contribution in [0.25, 0.3) is 0 Å². The first kappa shape index (κ1) is 16.9. The Hall–Kier alpha value is -1.15. The molecule has 0 radical (unpaired) electrons. The Balaban J connectivity index is 3.29. The number of hydrogen-bond donors (Lipinski definition) is 0. The predicted molar refractivity (Wildman–Crippen MR) is 82.9 cm³/mol. The van der Waals surface area contributed by atoms with Crippen molar-refractivity contribution in [2.45, 2.75) is 33.8 Å². The van der Waals surface area contributed by atoms with Crippen molar-refractivity contribution < 1.29 is 20.5 Å². The number of methoxy groups -OCH3 is 1. The molecule has 0 aliphatic heterocycles. The number of hydrogen-bond acceptors (Lipinski definition) is 5. The van der Waals surface area contributed by atoms with E-state index in [0.29, 0.717) is 0 Å². The molecule has 0 bridgehead atoms. The van der Waals surface area contributed by atoms with Gasteiger partial charge in [0.1, 0.15) is 0 Å². The minimum atomic E-state index is -2.84. The molecule has 0 aromatic heterocycles. The van der Waals surface area contributed by atoms with E-state index < -0.39 is 32.6 Å². The SMILES string of the molecule is COC(C)c1cccc(C)c1I(OC(C)=O)OC(C)=O. The van der Waals surface area contributed by atoms with Crippen LogP contribution < -0.4 is 0 Å². The van der Waals surface area contributed by atoms with Gasteiger partial charge in [-0.05, 0) is 0 Å². The number of ether oxygens (including phenoxy) is 1. The minimum absolute atomic E-state index is 0.171. The summed E-state index contributed by atoms with van der Waals surface area (Å²) in [6.07, 6.45) is -0.171. The molecule has 0 aliphatic rings. The second-order valence-electron chi connectivity index (χ2n) is 4.21. The summed E-state index contributed by atoms with van der Waals surface area (Å²) in [6, 6.07) is 5.70. The molecular weight excluding hydrogens is 375 g/mol. The van der Waals surface area contributed by atoms with Crippen LogP contribution in [0.4, 0.5) is 0 Å². The monoisotopic (exact) mass is 394 g/mol. The number of rotatable bonds is 5. The summed E-state index contributed by atoms with van der Waals surface area (Å²) in [4.78, 5) is 22.5. The van der Waals surface area contributed by atoms with Crippen LogP contribution in [-0.4, -0.2) is 19.0 Å². The molecule has 112 valence electrons. The van der Waals surface area contributed by atoms with Gasteiger partial charge < -0.3 is 0 Å². The van der Waals surface area contributed by atoms with Crippen molar-refractivity contribution in [1.29, 1.82) is 0 Å². The normalized spacial score (nSPS) is 12.6. The Kier molecular flexibility index (Phi) is 6.41. The van der Waals surface area contributed by atoms with Crippen molar-refractivity contribution in [3.05, 3.63) is 32.9 Å². The summed E-state index contributed by atoms with van der Waals surface area (Å²) in [6.45, 7) is 6.42. The van der Waals surface area contributed by atoms with Crippen LogP contribution in [0.15, 0.2) is 18.2 Å². The van der Waals surface area contributed by atoms with Crippen LogP contribution in [-0.2, 0) is 20.5 Å². The third-order valence-electron chi connectivity index (χ3n) is 2.52. The fourth-order valence-electron chi connectivity index (χ4n) is 1.61. The van der Waals surface area contributed by atoms with Gasteiger partial charge in [-0.1, -0.05) is 0 Å². The predicted octanol–water partition coefficient (Wildman–Crippen LogP) is 3.33. The van der Waals surface area contributed by atoms with Crippen molar-refractivity contribution in [2.24, 2.45) is 0 Å². The average Bonchev–Trinajstić information content (AvgIpc) is 2.35. The molecule has 5 nitrogen and oxygen atoms in total. The Bertz CT molecular complexity index is 484. The molecule has 0 spiro atoms. The summed E-state index contributed by atoms with van der Waals surface area (Å²) < 4.78 is 16.7. The zero-order valence-corrected chi connectivity index (χ0v) is 14.4. The molecule has 0 N–H and O–H groups in total. The first-order valence-electron chi connectivity index (χ1n) is 6.07. The number of carbonyl (C=O) groups is 2. The summed E-state index contributed by atoms with van der Waals surface area (Å²) in [5.74, 6) is -0.897. The summed E-state index contributed by atoms with van der Waals surface area (Å²) >= 11 is -2.84. The Morgan fingerprint density at radius 3 is 2.15 bits per heavy atom. The number of aryl methyl sites for hydroxylation is 1. The summed E-state index contributed by atoms with van der Waals surface area (Å²) in [5.41, 5.74) is 1.82. The maximum absolute atomic E-state index is 11.3. The van der Waals surface area contributed by atoms with Gasteiger partial charge in [-0.15, -0.1) is 0 Å². The maximum atomic E-state index is 11.3. The van der Waals surface area contributed by atoms with Gasteiger partial charge in [-0.3, -0.25) is 0 Å². The topological polar surface area (TPSA) is 61.8 Å². The van der Waals surface area contributed by atoms with Crippen LogP contribution in [0, 0.1) is 10.5 Å². The summed E-state index contributed by atoms with van der Waals surface area (Å²) in [7, 11) is 1.60. The Labute approximate surface area is 127 Å². The second kappa shape index (κ2) is 7.58. The van der Waals surface area contributed by atoms with Gasteiger partial charge in [-0.25, -0.2) is 0 Å². The van der Waals surface area contributed by atoms with Crippen molar-refractivity contribution in [3.8, 4) is 0 Å². The number of carbonyl (C=O) groups excluding carboxylic acids is 2. The fourth-order valence-corrected chi connectivity index (χ4v) is 5.27. The molecule has 1 unspecified atom stereocenters. The van der Waals surface area contributed by atoms with Gasteiger partial charge in [-0.2, -0.15) is 0 Å². The van der Waals surface area contributed by atoms with Crippen LogP contribution in [0.3, 0.4) is 0 Å². The quantitative estimate of drug-likeness (QED) is 0.717. The molecule has 1 rings (SSSR count). The molecule has 1 aromatic rings. The first-order valence-corrected chi connectivity index (χ1v) is 8.91. The van der Waals surface area contributed by atoms with E-state index in [0.717, 1.165) is 14.7 Å². The molecule has 0 heterocycles. The third kappa shape index (κ3) is 4.45. The van der Waals surface area contributed by atoms with Gasteiger partial charge in [0, 0.05) is 0 Å². The van der Waals surface area contributed by atoms with Crippen LogP contribution in [0.1, 0.15) is 38.0 Å². The zero-order valence-electron chi connectivity index (χ0n) is 12.2. The van der Waals surface area contributed by atoms with Gasteiger partial charge in [0.15, 0.2) is 0 Å². The van der Waals surface area contributed by atoms with Gasteiger partial charge >= 0.3 is 127 Å². The number of halogens is 1. The molecule has 1 atom stereocenters. The van der Waals surface area contributed by atoms with E-state index in [1.807, 2.05) is 32.0 Å². The second-order valence-corrected chi connectivity index (χ2v) is 7.41. The zero-order chi connectivity index (χ0) is 15.3.